The number of nitrogens with zero attached hydrogens (tertiary/aromatic N) is 4. The van der Waals surface area contributed by atoms with Gasteiger partial charge in [-0.15, -0.1) is 5.10 Å². The van der Waals surface area contributed by atoms with Crippen LogP contribution in [-0.4, -0.2) is 50.2 Å². The van der Waals surface area contributed by atoms with Crippen molar-refractivity contribution in [1.29, 1.82) is 0 Å². The Kier molecular flexibility index (Phi) is 7.13. The number of carbonyl (C=O) groups is 1. The molecular weight excluding hydrogens is 549 g/mol. The number of carbonyl (C=O) groups excluding carboxylic acids is 1. The van der Waals surface area contributed by atoms with Crippen LogP contribution in [0.3, 0.4) is 0 Å². The molecule has 2 aliphatic rings. The number of aliphatic hydroxyl groups is 1. The first-order chi connectivity index (χ1) is 18.8. The number of esters is 1. The molecule has 0 saturated heterocycles. The first-order valence-corrected chi connectivity index (χ1v) is 14.5. The van der Waals surface area contributed by atoms with Gasteiger partial charge in [0.25, 0.3) is 15.6 Å². The standard InChI is InChI=1S/C27H29F3N4O5S/c1-16-13-17(2)34-25(31-16)32-23(33-34)14-21-22(35)15-26(39-24(21)36,19-5-3-4-6-19)12-11-18-7-9-20(10-8-18)40(37,38)27(28,29)30/h7-10,13,19,35H,3-6,11-12,14-15H2,1-2H3. The largest absolute Gasteiger partial charge is 0.512 e. The smallest absolute Gasteiger partial charge is 0.501 e. The van der Waals surface area contributed by atoms with Crippen molar-refractivity contribution in [3.8, 4) is 0 Å². The van der Waals surface area contributed by atoms with Gasteiger partial charge >= 0.3 is 11.5 Å². The molecule has 0 spiro atoms. The highest BCUT2D eigenvalue weighted by atomic mass is 32.2. The van der Waals surface area contributed by atoms with Gasteiger partial charge < -0.3 is 9.84 Å². The lowest BCUT2D eigenvalue weighted by Crippen LogP contribution is -2.46. The van der Waals surface area contributed by atoms with Gasteiger partial charge in [0.2, 0.25) is 0 Å². The van der Waals surface area contributed by atoms with Gasteiger partial charge in [0.15, 0.2) is 5.82 Å². The van der Waals surface area contributed by atoms with Gasteiger partial charge in [-0.3, -0.25) is 0 Å². The van der Waals surface area contributed by atoms with E-state index in [1.165, 1.54) is 12.1 Å². The van der Waals surface area contributed by atoms with E-state index in [-0.39, 0.29) is 30.1 Å². The molecule has 0 bridgehead atoms. The first kappa shape index (κ1) is 28.1. The molecule has 2 aromatic heterocycles. The number of aryl methyl sites for hydroxylation is 3. The zero-order chi connectivity index (χ0) is 28.9. The highest BCUT2D eigenvalue weighted by Gasteiger charge is 2.49. The summed E-state index contributed by atoms with van der Waals surface area (Å²) in [7, 11) is -5.44. The number of fused-ring (bicyclic) bond motifs is 1. The van der Waals surface area contributed by atoms with Crippen molar-refractivity contribution in [2.75, 3.05) is 0 Å². The van der Waals surface area contributed by atoms with Crippen LogP contribution in [0, 0.1) is 19.8 Å². The number of aliphatic hydroxyl groups excluding tert-OH is 1. The Hall–Kier alpha value is -3.48. The van der Waals surface area contributed by atoms with Crippen LogP contribution >= 0.6 is 0 Å². The topological polar surface area (TPSA) is 124 Å². The highest BCUT2D eigenvalue weighted by Crippen LogP contribution is 2.46. The third kappa shape index (κ3) is 5.18. The summed E-state index contributed by atoms with van der Waals surface area (Å²) in [5.74, 6) is -0.0160. The molecule has 0 radical (unpaired) electrons. The summed E-state index contributed by atoms with van der Waals surface area (Å²) >= 11 is 0. The molecule has 0 amide bonds. The predicted octanol–water partition coefficient (Wildman–Crippen LogP) is 4.90. The first-order valence-electron chi connectivity index (χ1n) is 13.0. The van der Waals surface area contributed by atoms with Crippen molar-refractivity contribution in [2.24, 2.45) is 5.92 Å². The Balaban J connectivity index is 1.37. The SMILES string of the molecule is Cc1cc(C)n2nc(CC3=C(O)CC(CCc4ccc(S(=O)(=O)C(F)(F)F)cc4)(C4CCCC4)OC3=O)nc2n1. The van der Waals surface area contributed by atoms with E-state index in [1.54, 1.807) is 4.52 Å². The number of halogens is 3. The number of ether oxygens (including phenoxy) is 1. The Labute approximate surface area is 229 Å². The number of hydrogen-bond acceptors (Lipinski definition) is 8. The molecule has 214 valence electrons. The van der Waals surface area contributed by atoms with Crippen molar-refractivity contribution >= 4 is 21.6 Å². The lowest BCUT2D eigenvalue weighted by atomic mass is 9.76. The zero-order valence-electron chi connectivity index (χ0n) is 22.0. The molecule has 1 aliphatic carbocycles. The van der Waals surface area contributed by atoms with Gasteiger partial charge in [-0.05, 0) is 69.2 Å². The van der Waals surface area contributed by atoms with Gasteiger partial charge in [-0.1, -0.05) is 25.0 Å². The molecule has 9 nitrogen and oxygen atoms in total. The highest BCUT2D eigenvalue weighted by molar-refractivity contribution is 7.92. The van der Waals surface area contributed by atoms with Crippen LogP contribution < -0.4 is 0 Å². The number of cyclic esters (lactones) is 1. The quantitative estimate of drug-likeness (QED) is 0.393. The van der Waals surface area contributed by atoms with Crippen LogP contribution in [0.15, 0.2) is 46.6 Å². The molecule has 1 unspecified atom stereocenters. The van der Waals surface area contributed by atoms with E-state index in [4.69, 9.17) is 4.74 Å². The molecule has 3 heterocycles. The third-order valence-electron chi connectivity index (χ3n) is 7.83. The van der Waals surface area contributed by atoms with Crippen LogP contribution in [-0.2, 0) is 32.2 Å². The number of hydrogen-bond donors (Lipinski definition) is 1. The van der Waals surface area contributed by atoms with E-state index in [9.17, 15) is 31.5 Å². The molecular formula is C27H29F3N4O5S. The van der Waals surface area contributed by atoms with E-state index in [0.717, 1.165) is 49.2 Å². The Morgan fingerprint density at radius 2 is 1.80 bits per heavy atom. The minimum absolute atomic E-state index is 0.00757. The van der Waals surface area contributed by atoms with E-state index in [0.29, 0.717) is 30.0 Å². The summed E-state index contributed by atoms with van der Waals surface area (Å²) in [4.78, 5) is 21.2. The second-order valence-corrected chi connectivity index (χ2v) is 12.5. The molecule has 1 aliphatic heterocycles. The molecule has 1 atom stereocenters. The fraction of sp³-hybridized carbons (Fsp3) is 0.481. The summed E-state index contributed by atoms with van der Waals surface area (Å²) in [6.45, 7) is 3.71. The molecule has 1 saturated carbocycles. The lowest BCUT2D eigenvalue weighted by Gasteiger charge is -2.41. The molecule has 5 rings (SSSR count). The van der Waals surface area contributed by atoms with Gasteiger partial charge in [-0.25, -0.2) is 22.7 Å². The molecule has 1 N–H and O–H groups in total. The number of rotatable bonds is 7. The Morgan fingerprint density at radius 1 is 1.12 bits per heavy atom. The fourth-order valence-electron chi connectivity index (χ4n) is 5.75. The Morgan fingerprint density at radius 3 is 2.42 bits per heavy atom. The monoisotopic (exact) mass is 578 g/mol. The molecule has 3 aromatic rings. The van der Waals surface area contributed by atoms with Crippen LogP contribution in [0.5, 0.6) is 0 Å². The molecule has 1 aromatic carbocycles. The van der Waals surface area contributed by atoms with Crippen molar-refractivity contribution in [3.05, 3.63) is 64.4 Å². The molecule has 1 fully saturated rings. The maximum Gasteiger partial charge on any atom is 0.501 e. The second-order valence-electron chi connectivity index (χ2n) is 10.6. The van der Waals surface area contributed by atoms with Crippen molar-refractivity contribution in [2.45, 2.75) is 81.2 Å². The number of sulfone groups is 1. The van der Waals surface area contributed by atoms with E-state index < -0.39 is 31.8 Å². The van der Waals surface area contributed by atoms with Crippen LogP contribution in [0.1, 0.15) is 61.3 Å². The second kappa shape index (κ2) is 10.2. The van der Waals surface area contributed by atoms with Crippen molar-refractivity contribution < 1.29 is 36.2 Å². The van der Waals surface area contributed by atoms with Crippen LogP contribution in [0.2, 0.25) is 0 Å². The molecule has 13 heteroatoms. The summed E-state index contributed by atoms with van der Waals surface area (Å²) in [5, 5.41) is 15.5. The maximum atomic E-state index is 13.3. The number of benzene rings is 1. The van der Waals surface area contributed by atoms with Gasteiger partial charge in [-0.2, -0.15) is 18.2 Å². The van der Waals surface area contributed by atoms with E-state index in [2.05, 4.69) is 15.1 Å². The van der Waals surface area contributed by atoms with Crippen molar-refractivity contribution in [3.63, 3.8) is 0 Å². The summed E-state index contributed by atoms with van der Waals surface area (Å²) in [6.07, 6.45) is 4.27. The fourth-order valence-corrected chi connectivity index (χ4v) is 6.51. The number of aromatic nitrogens is 4. The number of alkyl halides is 3. The maximum absolute atomic E-state index is 13.3. The summed E-state index contributed by atoms with van der Waals surface area (Å²) in [6, 6.07) is 6.39. The average molecular weight is 579 g/mol. The van der Waals surface area contributed by atoms with Gasteiger partial charge in [0.05, 0.1) is 10.5 Å². The normalized spacial score (nSPS) is 20.9. The van der Waals surface area contributed by atoms with Crippen LogP contribution in [0.25, 0.3) is 5.78 Å². The minimum atomic E-state index is -5.44. The van der Waals surface area contributed by atoms with Crippen LogP contribution in [0.4, 0.5) is 13.2 Å². The van der Waals surface area contributed by atoms with Crippen molar-refractivity contribution in [1.82, 2.24) is 19.6 Å². The van der Waals surface area contributed by atoms with Gasteiger partial charge in [0.1, 0.15) is 11.4 Å². The summed E-state index contributed by atoms with van der Waals surface area (Å²) < 4.78 is 69.7. The lowest BCUT2D eigenvalue weighted by molar-refractivity contribution is -0.167. The van der Waals surface area contributed by atoms with E-state index >= 15 is 0 Å². The summed E-state index contributed by atoms with van der Waals surface area (Å²) in [5.41, 5.74) is -4.08. The predicted molar refractivity (Wildman–Crippen MR) is 137 cm³/mol. The Bertz CT molecular complexity index is 1590. The average Bonchev–Trinajstić information content (AvgIpc) is 3.55. The van der Waals surface area contributed by atoms with E-state index in [1.807, 2.05) is 19.9 Å². The third-order valence-corrected chi connectivity index (χ3v) is 9.33. The zero-order valence-corrected chi connectivity index (χ0v) is 22.8. The molecule has 40 heavy (non-hydrogen) atoms. The minimum Gasteiger partial charge on any atom is -0.512 e. The van der Waals surface area contributed by atoms with Gasteiger partial charge in [0, 0.05) is 24.2 Å².